The average molecular weight is 682 g/mol. The summed E-state index contributed by atoms with van der Waals surface area (Å²) >= 11 is 0. The summed E-state index contributed by atoms with van der Waals surface area (Å²) in [6, 6.07) is 5.87. The van der Waals surface area contributed by atoms with E-state index in [2.05, 4.69) is 33.9 Å². The first kappa shape index (κ1) is 37.6. The highest BCUT2D eigenvalue weighted by Gasteiger charge is 2.53. The first-order valence-corrected chi connectivity index (χ1v) is 17.9. The van der Waals surface area contributed by atoms with Gasteiger partial charge in [-0.1, -0.05) is 20.8 Å². The van der Waals surface area contributed by atoms with Gasteiger partial charge < -0.3 is 37.6 Å². The minimum atomic E-state index is -2.37. The summed E-state index contributed by atoms with van der Waals surface area (Å²) in [5.74, 6) is -2.44. The third kappa shape index (κ3) is 10.3. The highest BCUT2D eigenvalue weighted by Crippen LogP contribution is 2.42. The van der Waals surface area contributed by atoms with Crippen LogP contribution in [-0.2, 0) is 56.8 Å². The summed E-state index contributed by atoms with van der Waals surface area (Å²) in [5, 5.41) is 11.1. The summed E-state index contributed by atoms with van der Waals surface area (Å²) in [4.78, 5) is 59.0. The van der Waals surface area contributed by atoms with Gasteiger partial charge in [0.2, 0.25) is 14.6 Å². The summed E-state index contributed by atoms with van der Waals surface area (Å²) in [5.41, 5.74) is 0.512. The molecule has 260 valence electrons. The van der Waals surface area contributed by atoms with E-state index in [1.165, 1.54) is 19.1 Å². The molecule has 0 amide bonds. The molecule has 1 saturated heterocycles. The van der Waals surface area contributed by atoms with Crippen LogP contribution in [-0.4, -0.2) is 80.7 Å². The maximum absolute atomic E-state index is 12.3. The number of nitro groups is 1. The van der Waals surface area contributed by atoms with Gasteiger partial charge in [0.1, 0.15) is 12.7 Å². The van der Waals surface area contributed by atoms with Gasteiger partial charge in [-0.3, -0.25) is 29.3 Å². The van der Waals surface area contributed by atoms with E-state index in [1.807, 2.05) is 0 Å². The van der Waals surface area contributed by atoms with Crippen LogP contribution in [0.25, 0.3) is 0 Å². The number of ether oxygens (including phenoxy) is 7. The summed E-state index contributed by atoms with van der Waals surface area (Å²) in [6.07, 6.45) is -6.96. The van der Waals surface area contributed by atoms with Crippen LogP contribution in [0.4, 0.5) is 5.69 Å². The van der Waals surface area contributed by atoms with Crippen LogP contribution in [0.5, 0.6) is 0 Å². The van der Waals surface area contributed by atoms with E-state index in [4.69, 9.17) is 37.6 Å². The lowest BCUT2D eigenvalue weighted by molar-refractivity contribution is -0.384. The zero-order valence-corrected chi connectivity index (χ0v) is 29.0. The Morgan fingerprint density at radius 2 is 1.43 bits per heavy atom. The lowest BCUT2D eigenvalue weighted by Crippen LogP contribution is -2.63. The second-order valence-electron chi connectivity index (χ2n) is 12.7. The molecule has 0 aliphatic carbocycles. The third-order valence-corrected chi connectivity index (χ3v) is 12.3. The second kappa shape index (κ2) is 15.4. The second-order valence-corrected chi connectivity index (χ2v) is 17.5. The van der Waals surface area contributed by atoms with Gasteiger partial charge in [-0.25, -0.2) is 0 Å². The van der Waals surface area contributed by atoms with E-state index in [1.54, 1.807) is 18.2 Å². The molecule has 0 N–H and O–H groups in total. The Bertz CT molecular complexity index is 1350. The van der Waals surface area contributed by atoms with Crippen molar-refractivity contribution in [2.75, 3.05) is 6.61 Å². The maximum Gasteiger partial charge on any atom is 0.303 e. The highest BCUT2D eigenvalue weighted by atomic mass is 28.4. The van der Waals surface area contributed by atoms with Crippen molar-refractivity contribution in [2.45, 2.75) is 116 Å². The minimum Gasteiger partial charge on any atom is -0.546 e. The molecule has 0 saturated carbocycles. The number of rotatable bonds is 11. The highest BCUT2D eigenvalue weighted by molar-refractivity contribution is 6.74. The van der Waals surface area contributed by atoms with E-state index in [9.17, 15) is 29.3 Å². The molecule has 2 aliphatic heterocycles. The number of nitrogens with zero attached hydrogens (tertiary/aromatic N) is 1. The smallest absolute Gasteiger partial charge is 0.303 e. The fraction of sp³-hybridized carbons (Fsp3) is 0.613. The standard InChI is InChI=1S/C31H43NO14Si/c1-17(33)39-16-25-27(40-18(2)34)28(41-19(3)35)29(42-20(4)36)30(44-25)45-26-15-23(46-47(8,9)31(5,6)7)14-24(43-26)21-10-12-22(13-11-21)32(37)38/h10-13,15,24-30H,14,16H2,1-9H3/t24-,25-,26-,27-,28+,29-,30+/m1/s1. The van der Waals surface area contributed by atoms with Gasteiger partial charge in [0.05, 0.1) is 16.8 Å². The van der Waals surface area contributed by atoms with Crippen LogP contribution in [0.2, 0.25) is 18.1 Å². The largest absolute Gasteiger partial charge is 0.546 e. The molecular weight excluding hydrogens is 638 g/mol. The summed E-state index contributed by atoms with van der Waals surface area (Å²) in [7, 11) is -2.37. The number of hydrogen-bond acceptors (Lipinski definition) is 14. The molecule has 2 heterocycles. The normalized spacial score (nSPS) is 26.3. The van der Waals surface area contributed by atoms with Crippen molar-refractivity contribution in [3.63, 3.8) is 0 Å². The first-order valence-electron chi connectivity index (χ1n) is 15.0. The molecule has 2 aliphatic rings. The Morgan fingerprint density at radius 1 is 0.872 bits per heavy atom. The van der Waals surface area contributed by atoms with E-state index >= 15 is 0 Å². The van der Waals surface area contributed by atoms with Gasteiger partial charge in [-0.05, 0) is 35.8 Å². The quantitative estimate of drug-likeness (QED) is 0.105. The van der Waals surface area contributed by atoms with E-state index in [-0.39, 0.29) is 17.1 Å². The van der Waals surface area contributed by atoms with Crippen molar-refractivity contribution in [3.05, 3.63) is 51.8 Å². The zero-order valence-electron chi connectivity index (χ0n) is 28.0. The predicted octanol–water partition coefficient (Wildman–Crippen LogP) is 4.39. The van der Waals surface area contributed by atoms with Crippen LogP contribution < -0.4 is 0 Å². The van der Waals surface area contributed by atoms with Crippen LogP contribution >= 0.6 is 0 Å². The van der Waals surface area contributed by atoms with Crippen LogP contribution in [0.3, 0.4) is 0 Å². The monoisotopic (exact) mass is 681 g/mol. The maximum atomic E-state index is 12.3. The molecule has 0 radical (unpaired) electrons. The number of non-ortho nitro benzene ring substituents is 1. The molecule has 1 aromatic rings. The third-order valence-electron chi connectivity index (χ3n) is 7.89. The van der Waals surface area contributed by atoms with Gasteiger partial charge in [-0.15, -0.1) is 0 Å². The molecule has 0 bridgehead atoms. The van der Waals surface area contributed by atoms with Crippen molar-refractivity contribution in [1.82, 2.24) is 0 Å². The Balaban J connectivity index is 2.05. The molecule has 1 fully saturated rings. The lowest BCUT2D eigenvalue weighted by atomic mass is 9.98. The molecule has 0 aromatic heterocycles. The van der Waals surface area contributed by atoms with Crippen molar-refractivity contribution in [2.24, 2.45) is 0 Å². The number of carbonyl (C=O) groups excluding carboxylic acids is 4. The van der Waals surface area contributed by atoms with Crippen molar-refractivity contribution < 1.29 is 61.7 Å². The van der Waals surface area contributed by atoms with Gasteiger partial charge in [0.15, 0.2) is 24.6 Å². The average Bonchev–Trinajstić information content (AvgIpc) is 2.93. The van der Waals surface area contributed by atoms with Crippen LogP contribution in [0, 0.1) is 10.1 Å². The number of nitro benzene ring substituents is 1. The molecule has 15 nitrogen and oxygen atoms in total. The van der Waals surface area contributed by atoms with Crippen molar-refractivity contribution in [3.8, 4) is 0 Å². The van der Waals surface area contributed by atoms with Crippen molar-refractivity contribution in [1.29, 1.82) is 0 Å². The van der Waals surface area contributed by atoms with Gasteiger partial charge in [0, 0.05) is 52.3 Å². The molecule has 7 atom stereocenters. The van der Waals surface area contributed by atoms with Gasteiger partial charge in [0.25, 0.3) is 5.69 Å². The fourth-order valence-corrected chi connectivity index (χ4v) is 5.83. The topological polar surface area (TPSA) is 185 Å². The number of hydrogen-bond donors (Lipinski definition) is 0. The Morgan fingerprint density at radius 3 is 1.94 bits per heavy atom. The SMILES string of the molecule is CC(=O)OC[C@H]1O[C@@H](O[C@@H]2C=C(O[Si](C)(C)C(C)(C)C)C[C@H](c3ccc([N+](=O)[O-])cc3)O2)[C@H](OC(C)=O)[C@@H](OC(C)=O)[C@@H]1OC(C)=O. The van der Waals surface area contributed by atoms with Gasteiger partial charge >= 0.3 is 23.9 Å². The molecule has 0 spiro atoms. The Kier molecular flexibility index (Phi) is 12.3. The summed E-state index contributed by atoms with van der Waals surface area (Å²) < 4.78 is 46.8. The lowest BCUT2D eigenvalue weighted by Gasteiger charge is -2.45. The number of esters is 4. The van der Waals surface area contributed by atoms with Crippen molar-refractivity contribution >= 4 is 37.9 Å². The fourth-order valence-electron chi connectivity index (χ4n) is 4.72. The molecule has 3 rings (SSSR count). The van der Waals surface area contributed by atoms with Crippen LogP contribution in [0.15, 0.2) is 36.1 Å². The Labute approximate surface area is 274 Å². The Hall–Kier alpha value is -3.86. The van der Waals surface area contributed by atoms with E-state index < -0.39 is 86.8 Å². The predicted molar refractivity (Wildman–Crippen MR) is 165 cm³/mol. The molecule has 1 aromatic carbocycles. The number of carbonyl (C=O) groups is 4. The molecule has 16 heteroatoms. The van der Waals surface area contributed by atoms with E-state index in [0.29, 0.717) is 11.3 Å². The van der Waals surface area contributed by atoms with Crippen LogP contribution in [0.1, 0.15) is 66.6 Å². The minimum absolute atomic E-state index is 0.0943. The molecular formula is C31H43NO14Si. The molecule has 0 unspecified atom stereocenters. The zero-order chi connectivity index (χ0) is 35.3. The first-order chi connectivity index (χ1) is 21.8. The van der Waals surface area contributed by atoms with Gasteiger partial charge in [-0.2, -0.15) is 0 Å². The van der Waals surface area contributed by atoms with E-state index in [0.717, 1.165) is 20.8 Å². The summed E-state index contributed by atoms with van der Waals surface area (Å²) in [6.45, 7) is 14.5. The number of benzene rings is 1. The molecule has 47 heavy (non-hydrogen) atoms.